The highest BCUT2D eigenvalue weighted by Crippen LogP contribution is 2.15. The molecule has 0 saturated carbocycles. The molecule has 22 heavy (non-hydrogen) atoms. The number of hydrogen-bond acceptors (Lipinski definition) is 6. The molecule has 0 fully saturated rings. The van der Waals surface area contributed by atoms with Crippen molar-refractivity contribution in [2.45, 2.75) is 11.8 Å². The first-order valence-electron chi connectivity index (χ1n) is 6.67. The molecule has 2 aromatic rings. The molecule has 0 radical (unpaired) electrons. The second-order valence-corrected chi connectivity index (χ2v) is 6.32. The highest BCUT2D eigenvalue weighted by atomic mass is 32.2. The van der Waals surface area contributed by atoms with Gasteiger partial charge in [-0.2, -0.15) is 0 Å². The van der Waals surface area contributed by atoms with Crippen LogP contribution in [0, 0.1) is 6.92 Å². The van der Waals surface area contributed by atoms with Crippen LogP contribution in [0.1, 0.15) is 5.56 Å². The van der Waals surface area contributed by atoms with Gasteiger partial charge >= 0.3 is 0 Å². The number of ether oxygens (including phenoxy) is 1. The molecule has 0 aliphatic rings. The molecular formula is C14H18N4O3S. The van der Waals surface area contributed by atoms with Gasteiger partial charge in [0.1, 0.15) is 5.82 Å². The summed E-state index contributed by atoms with van der Waals surface area (Å²) in [5.41, 5.74) is 0.991. The number of aryl methyl sites for hydroxylation is 1. The maximum absolute atomic E-state index is 12.2. The Morgan fingerprint density at radius 2 is 1.68 bits per heavy atom. The number of aromatic nitrogens is 2. The van der Waals surface area contributed by atoms with Crippen molar-refractivity contribution in [3.63, 3.8) is 0 Å². The van der Waals surface area contributed by atoms with Gasteiger partial charge in [0.05, 0.1) is 11.5 Å². The lowest BCUT2D eigenvalue weighted by molar-refractivity contribution is 0.210. The molecule has 2 N–H and O–H groups in total. The molecule has 1 aromatic carbocycles. The molecule has 0 bridgehead atoms. The van der Waals surface area contributed by atoms with Crippen molar-refractivity contribution in [1.29, 1.82) is 0 Å². The van der Waals surface area contributed by atoms with Crippen LogP contribution in [0.5, 0.6) is 0 Å². The molecule has 8 heteroatoms. The fourth-order valence-electron chi connectivity index (χ4n) is 1.68. The molecule has 1 heterocycles. The Morgan fingerprint density at radius 3 is 2.27 bits per heavy atom. The molecule has 0 unspecified atom stereocenters. The largest absolute Gasteiger partial charge is 0.383 e. The van der Waals surface area contributed by atoms with Crippen molar-refractivity contribution < 1.29 is 13.2 Å². The molecule has 118 valence electrons. The average Bonchev–Trinajstić information content (AvgIpc) is 2.49. The minimum absolute atomic E-state index is 0.165. The molecule has 7 nitrogen and oxygen atoms in total. The van der Waals surface area contributed by atoms with E-state index in [1.165, 1.54) is 0 Å². The number of benzene rings is 1. The van der Waals surface area contributed by atoms with E-state index >= 15 is 0 Å². The summed E-state index contributed by atoms with van der Waals surface area (Å²) in [6, 6.07) is 9.77. The van der Waals surface area contributed by atoms with Crippen molar-refractivity contribution in [3.05, 3.63) is 42.0 Å². The Hall–Kier alpha value is -2.19. The summed E-state index contributed by atoms with van der Waals surface area (Å²) in [5.74, 6) is 0.716. The molecule has 0 aliphatic carbocycles. The maximum atomic E-state index is 12.2. The van der Waals surface area contributed by atoms with Crippen LogP contribution in [0.4, 0.5) is 11.6 Å². The molecule has 2 rings (SSSR count). The van der Waals surface area contributed by atoms with Crippen molar-refractivity contribution in [2.75, 3.05) is 30.3 Å². The predicted octanol–water partition coefficient (Wildman–Crippen LogP) is 1.64. The summed E-state index contributed by atoms with van der Waals surface area (Å²) in [6.07, 6.45) is 0. The van der Waals surface area contributed by atoms with Crippen molar-refractivity contribution in [2.24, 2.45) is 0 Å². The number of nitrogens with one attached hydrogen (secondary N) is 2. The van der Waals surface area contributed by atoms with Crippen LogP contribution < -0.4 is 10.0 Å². The summed E-state index contributed by atoms with van der Waals surface area (Å²) in [5, 5.41) is 10.7. The smallest absolute Gasteiger partial charge is 0.263 e. The summed E-state index contributed by atoms with van der Waals surface area (Å²) in [7, 11) is -2.05. The molecule has 0 spiro atoms. The first-order chi connectivity index (χ1) is 10.5. The van der Waals surface area contributed by atoms with E-state index in [0.717, 1.165) is 5.56 Å². The fourth-order valence-corrected chi connectivity index (χ4v) is 2.67. The first-order valence-corrected chi connectivity index (χ1v) is 8.15. The summed E-state index contributed by atoms with van der Waals surface area (Å²) >= 11 is 0. The van der Waals surface area contributed by atoms with Gasteiger partial charge in [0.25, 0.3) is 10.0 Å². The lowest BCUT2D eigenvalue weighted by Gasteiger charge is -2.08. The summed E-state index contributed by atoms with van der Waals surface area (Å²) < 4.78 is 31.7. The highest BCUT2D eigenvalue weighted by Gasteiger charge is 2.14. The lowest BCUT2D eigenvalue weighted by atomic mass is 10.2. The van der Waals surface area contributed by atoms with Gasteiger partial charge in [-0.1, -0.05) is 17.7 Å². The van der Waals surface area contributed by atoms with E-state index in [1.807, 2.05) is 6.92 Å². The third-order valence-corrected chi connectivity index (χ3v) is 4.22. The van der Waals surface area contributed by atoms with Crippen molar-refractivity contribution in [1.82, 2.24) is 10.2 Å². The molecule has 0 aliphatic heterocycles. The topological polar surface area (TPSA) is 93.2 Å². The number of methoxy groups -OCH3 is 1. The number of anilines is 2. The zero-order chi connectivity index (χ0) is 16.0. The van der Waals surface area contributed by atoms with E-state index in [0.29, 0.717) is 19.0 Å². The van der Waals surface area contributed by atoms with E-state index in [-0.39, 0.29) is 10.7 Å². The number of rotatable bonds is 7. The quantitative estimate of drug-likeness (QED) is 0.753. The summed E-state index contributed by atoms with van der Waals surface area (Å²) in [4.78, 5) is 0.183. The maximum Gasteiger partial charge on any atom is 0.263 e. The van der Waals surface area contributed by atoms with Gasteiger partial charge in [-0.3, -0.25) is 4.72 Å². The third-order valence-electron chi connectivity index (χ3n) is 2.85. The Morgan fingerprint density at radius 1 is 1.05 bits per heavy atom. The zero-order valence-corrected chi connectivity index (χ0v) is 13.2. The van der Waals surface area contributed by atoms with Gasteiger partial charge in [0.15, 0.2) is 5.82 Å². The van der Waals surface area contributed by atoms with Crippen molar-refractivity contribution in [3.8, 4) is 0 Å². The second-order valence-electron chi connectivity index (χ2n) is 4.64. The lowest BCUT2D eigenvalue weighted by Crippen LogP contribution is -2.15. The first kappa shape index (κ1) is 16.2. The van der Waals surface area contributed by atoms with Gasteiger partial charge in [0, 0.05) is 13.7 Å². The monoisotopic (exact) mass is 322 g/mol. The van der Waals surface area contributed by atoms with Crippen molar-refractivity contribution >= 4 is 21.7 Å². The Bertz CT molecular complexity index is 700. The zero-order valence-electron chi connectivity index (χ0n) is 12.4. The third kappa shape index (κ3) is 4.40. The molecule has 0 atom stereocenters. The molecule has 0 saturated heterocycles. The van der Waals surface area contributed by atoms with Gasteiger partial charge in [0.2, 0.25) is 0 Å². The number of hydrogen-bond donors (Lipinski definition) is 2. The van der Waals surface area contributed by atoms with Gasteiger partial charge < -0.3 is 10.1 Å². The van der Waals surface area contributed by atoms with E-state index in [4.69, 9.17) is 4.74 Å². The molecular weight excluding hydrogens is 304 g/mol. The Kier molecular flexibility index (Phi) is 5.29. The van der Waals surface area contributed by atoms with Gasteiger partial charge in [-0.05, 0) is 31.2 Å². The van der Waals surface area contributed by atoms with Crippen LogP contribution in [0.3, 0.4) is 0 Å². The molecule has 0 amide bonds. The summed E-state index contributed by atoms with van der Waals surface area (Å²) in [6.45, 7) is 3.04. The van der Waals surface area contributed by atoms with Crippen LogP contribution in [0.2, 0.25) is 0 Å². The van der Waals surface area contributed by atoms with E-state index in [1.54, 1.807) is 43.5 Å². The van der Waals surface area contributed by atoms with E-state index < -0.39 is 10.0 Å². The highest BCUT2D eigenvalue weighted by molar-refractivity contribution is 7.92. The van der Waals surface area contributed by atoms with Crippen LogP contribution in [-0.2, 0) is 14.8 Å². The Balaban J connectivity index is 2.05. The SMILES string of the molecule is COCCNc1ccc(NS(=O)(=O)c2ccc(C)cc2)nn1. The minimum Gasteiger partial charge on any atom is -0.383 e. The van der Waals surface area contributed by atoms with E-state index in [9.17, 15) is 8.42 Å². The normalized spacial score (nSPS) is 11.2. The second kappa shape index (κ2) is 7.19. The van der Waals surface area contributed by atoms with Gasteiger partial charge in [-0.25, -0.2) is 8.42 Å². The standard InChI is InChI=1S/C14H18N4O3S/c1-11-3-5-12(6-4-11)22(19,20)18-14-8-7-13(16-17-14)15-9-10-21-2/h3-8H,9-10H2,1-2H3,(H,15,16)(H,17,18). The average molecular weight is 322 g/mol. The molecule has 1 aromatic heterocycles. The number of sulfonamides is 1. The van der Waals surface area contributed by atoms with Crippen LogP contribution in [-0.4, -0.2) is 38.9 Å². The van der Waals surface area contributed by atoms with Gasteiger partial charge in [-0.15, -0.1) is 10.2 Å². The fraction of sp³-hybridized carbons (Fsp3) is 0.286. The van der Waals surface area contributed by atoms with Crippen LogP contribution >= 0.6 is 0 Å². The van der Waals surface area contributed by atoms with Crippen LogP contribution in [0.25, 0.3) is 0 Å². The van der Waals surface area contributed by atoms with E-state index in [2.05, 4.69) is 20.2 Å². The predicted molar refractivity (Wildman–Crippen MR) is 84.4 cm³/mol. The number of nitrogens with zero attached hydrogens (tertiary/aromatic N) is 2. The Labute approximate surface area is 129 Å². The minimum atomic E-state index is -3.66. The van der Waals surface area contributed by atoms with Crippen LogP contribution in [0.15, 0.2) is 41.3 Å².